The number of nitrogens with zero attached hydrogens (tertiary/aromatic N) is 5. The van der Waals surface area contributed by atoms with Crippen LogP contribution in [0.1, 0.15) is 25.7 Å². The highest BCUT2D eigenvalue weighted by molar-refractivity contribution is 6.32. The van der Waals surface area contributed by atoms with Gasteiger partial charge >= 0.3 is 0 Å². The lowest BCUT2D eigenvalue weighted by Crippen LogP contribution is -2.38. The first kappa shape index (κ1) is 14.3. The summed E-state index contributed by atoms with van der Waals surface area (Å²) in [6, 6.07) is 0. The van der Waals surface area contributed by atoms with E-state index in [0.717, 1.165) is 19.0 Å². The summed E-state index contributed by atoms with van der Waals surface area (Å²) in [7, 11) is 0. The van der Waals surface area contributed by atoms with Crippen molar-refractivity contribution in [1.82, 2.24) is 20.1 Å². The van der Waals surface area contributed by atoms with Crippen LogP contribution in [0.5, 0.6) is 0 Å². The van der Waals surface area contributed by atoms with E-state index in [4.69, 9.17) is 23.2 Å². The van der Waals surface area contributed by atoms with E-state index in [9.17, 15) is 0 Å². The fraction of sp³-hybridized carbons (Fsp3) is 0.769. The SMILES string of the molecule is Clc1nnc(Cl)c(N2CCC(CN3CCCC3)CC2)n1. The standard InChI is InChI=1S/C13H19Cl2N5/c14-11-12(16-13(15)18-17-11)20-7-3-10(4-8-20)9-19-5-1-2-6-19/h10H,1-9H2. The first-order chi connectivity index (χ1) is 9.72. The summed E-state index contributed by atoms with van der Waals surface area (Å²) in [6.07, 6.45) is 5.07. The Kier molecular flexibility index (Phi) is 4.58. The second-order valence-corrected chi connectivity index (χ2v) is 6.33. The minimum absolute atomic E-state index is 0.156. The van der Waals surface area contributed by atoms with Crippen molar-refractivity contribution in [3.8, 4) is 0 Å². The van der Waals surface area contributed by atoms with Gasteiger partial charge in [-0.1, -0.05) is 11.6 Å². The Bertz CT molecular complexity index is 456. The number of likely N-dealkylation sites (tertiary alicyclic amines) is 1. The summed E-state index contributed by atoms with van der Waals surface area (Å²) >= 11 is 11.9. The number of piperidine rings is 1. The van der Waals surface area contributed by atoms with Gasteiger partial charge in [-0.05, 0) is 56.3 Å². The van der Waals surface area contributed by atoms with Crippen LogP contribution in [-0.2, 0) is 0 Å². The van der Waals surface area contributed by atoms with Gasteiger partial charge in [0.2, 0.25) is 5.28 Å². The molecule has 7 heteroatoms. The molecule has 0 aliphatic carbocycles. The number of halogens is 2. The van der Waals surface area contributed by atoms with E-state index in [1.807, 2.05) is 0 Å². The van der Waals surface area contributed by atoms with Gasteiger partial charge in [-0.3, -0.25) is 0 Å². The Labute approximate surface area is 129 Å². The molecule has 1 aromatic heterocycles. The lowest BCUT2D eigenvalue weighted by atomic mass is 9.96. The van der Waals surface area contributed by atoms with Gasteiger partial charge in [-0.15, -0.1) is 10.2 Å². The molecule has 5 nitrogen and oxygen atoms in total. The highest BCUT2D eigenvalue weighted by Gasteiger charge is 2.25. The van der Waals surface area contributed by atoms with Gasteiger partial charge in [0.05, 0.1) is 0 Å². The number of hydrogen-bond donors (Lipinski definition) is 0. The average molecular weight is 316 g/mol. The van der Waals surface area contributed by atoms with Crippen LogP contribution in [0, 0.1) is 5.92 Å². The van der Waals surface area contributed by atoms with Crippen LogP contribution in [0.2, 0.25) is 10.4 Å². The van der Waals surface area contributed by atoms with E-state index in [0.29, 0.717) is 11.0 Å². The van der Waals surface area contributed by atoms with Gasteiger partial charge in [0.15, 0.2) is 11.0 Å². The predicted molar refractivity (Wildman–Crippen MR) is 80.5 cm³/mol. The van der Waals surface area contributed by atoms with Gasteiger partial charge in [0.25, 0.3) is 0 Å². The minimum atomic E-state index is 0.156. The van der Waals surface area contributed by atoms with E-state index in [2.05, 4.69) is 25.0 Å². The van der Waals surface area contributed by atoms with Crippen molar-refractivity contribution in [3.05, 3.63) is 10.4 Å². The van der Waals surface area contributed by atoms with Crippen LogP contribution in [0.15, 0.2) is 0 Å². The third kappa shape index (κ3) is 3.32. The molecule has 0 aromatic carbocycles. The van der Waals surface area contributed by atoms with E-state index < -0.39 is 0 Å². The van der Waals surface area contributed by atoms with E-state index in [1.165, 1.54) is 45.3 Å². The molecule has 2 saturated heterocycles. The molecule has 2 aliphatic rings. The summed E-state index contributed by atoms with van der Waals surface area (Å²) in [5.41, 5.74) is 0. The van der Waals surface area contributed by atoms with Gasteiger partial charge in [-0.2, -0.15) is 4.98 Å². The van der Waals surface area contributed by atoms with Crippen molar-refractivity contribution in [2.24, 2.45) is 5.92 Å². The third-order valence-corrected chi connectivity index (χ3v) is 4.64. The highest BCUT2D eigenvalue weighted by Crippen LogP contribution is 2.27. The number of hydrogen-bond acceptors (Lipinski definition) is 5. The van der Waals surface area contributed by atoms with Crippen molar-refractivity contribution >= 4 is 29.0 Å². The van der Waals surface area contributed by atoms with Crippen molar-refractivity contribution in [2.75, 3.05) is 37.6 Å². The maximum atomic E-state index is 6.06. The molecular formula is C13H19Cl2N5. The molecule has 0 saturated carbocycles. The molecule has 0 bridgehead atoms. The molecule has 20 heavy (non-hydrogen) atoms. The largest absolute Gasteiger partial charge is 0.354 e. The molecule has 3 rings (SSSR count). The number of aromatic nitrogens is 3. The molecule has 0 N–H and O–H groups in total. The quantitative estimate of drug-likeness (QED) is 0.857. The van der Waals surface area contributed by atoms with Gasteiger partial charge in [0, 0.05) is 19.6 Å². The summed E-state index contributed by atoms with van der Waals surface area (Å²) in [5, 5.41) is 7.98. The maximum Gasteiger partial charge on any atom is 0.245 e. The zero-order valence-electron chi connectivity index (χ0n) is 11.4. The number of rotatable bonds is 3. The monoisotopic (exact) mass is 315 g/mol. The van der Waals surface area contributed by atoms with Crippen LogP contribution in [-0.4, -0.2) is 52.8 Å². The Morgan fingerprint density at radius 2 is 1.70 bits per heavy atom. The van der Waals surface area contributed by atoms with Crippen molar-refractivity contribution < 1.29 is 0 Å². The van der Waals surface area contributed by atoms with E-state index in [-0.39, 0.29) is 5.28 Å². The summed E-state index contributed by atoms with van der Waals surface area (Å²) < 4.78 is 0. The molecule has 2 fully saturated rings. The molecule has 0 spiro atoms. The van der Waals surface area contributed by atoms with Crippen LogP contribution < -0.4 is 4.90 Å². The molecule has 0 amide bonds. The molecular weight excluding hydrogens is 297 g/mol. The molecule has 0 atom stereocenters. The first-order valence-electron chi connectivity index (χ1n) is 7.25. The lowest BCUT2D eigenvalue weighted by molar-refractivity contribution is 0.249. The molecule has 2 aliphatic heterocycles. The lowest BCUT2D eigenvalue weighted by Gasteiger charge is -2.34. The van der Waals surface area contributed by atoms with Gasteiger partial charge in [-0.25, -0.2) is 0 Å². The van der Waals surface area contributed by atoms with Crippen LogP contribution in [0.25, 0.3) is 0 Å². The van der Waals surface area contributed by atoms with E-state index in [1.54, 1.807) is 0 Å². The molecule has 1 aromatic rings. The summed E-state index contributed by atoms with van der Waals surface area (Å²) in [4.78, 5) is 8.96. The van der Waals surface area contributed by atoms with Crippen LogP contribution in [0.3, 0.4) is 0 Å². The summed E-state index contributed by atoms with van der Waals surface area (Å²) in [6.45, 7) is 5.72. The zero-order valence-corrected chi connectivity index (χ0v) is 12.9. The number of anilines is 1. The normalized spacial score (nSPS) is 21.6. The molecule has 0 radical (unpaired) electrons. The van der Waals surface area contributed by atoms with E-state index >= 15 is 0 Å². The second-order valence-electron chi connectivity index (χ2n) is 5.63. The molecule has 3 heterocycles. The zero-order chi connectivity index (χ0) is 13.9. The predicted octanol–water partition coefficient (Wildman–Crippen LogP) is 2.49. The van der Waals surface area contributed by atoms with Crippen LogP contribution >= 0.6 is 23.2 Å². The van der Waals surface area contributed by atoms with Crippen molar-refractivity contribution in [1.29, 1.82) is 0 Å². The average Bonchev–Trinajstić information content (AvgIpc) is 2.95. The maximum absolute atomic E-state index is 6.06. The first-order valence-corrected chi connectivity index (χ1v) is 8.01. The Morgan fingerprint density at radius 3 is 2.40 bits per heavy atom. The molecule has 110 valence electrons. The fourth-order valence-corrected chi connectivity index (χ4v) is 3.46. The van der Waals surface area contributed by atoms with Gasteiger partial charge in [0.1, 0.15) is 0 Å². The summed E-state index contributed by atoms with van der Waals surface area (Å²) in [5.74, 6) is 1.46. The van der Waals surface area contributed by atoms with Crippen molar-refractivity contribution in [2.45, 2.75) is 25.7 Å². The second kappa shape index (κ2) is 6.41. The Balaban J connectivity index is 1.56. The molecule has 0 unspecified atom stereocenters. The minimum Gasteiger partial charge on any atom is -0.354 e. The Hall–Kier alpha value is -0.650. The smallest absolute Gasteiger partial charge is 0.245 e. The third-order valence-electron chi connectivity index (χ3n) is 4.23. The van der Waals surface area contributed by atoms with Gasteiger partial charge < -0.3 is 9.80 Å². The van der Waals surface area contributed by atoms with Crippen LogP contribution in [0.4, 0.5) is 5.82 Å². The van der Waals surface area contributed by atoms with Crippen molar-refractivity contribution in [3.63, 3.8) is 0 Å². The fourth-order valence-electron chi connectivity index (χ4n) is 3.14. The topological polar surface area (TPSA) is 45.2 Å². The highest BCUT2D eigenvalue weighted by atomic mass is 35.5. The Morgan fingerprint density at radius 1 is 1.00 bits per heavy atom.